The second-order valence-electron chi connectivity index (χ2n) is 4.27. The first-order valence-corrected chi connectivity index (χ1v) is 5.82. The first-order valence-electron chi connectivity index (χ1n) is 5.82. The van der Waals surface area contributed by atoms with Gasteiger partial charge in [0.05, 0.1) is 6.42 Å². The Labute approximate surface area is 107 Å². The maximum absolute atomic E-state index is 11.2. The van der Waals surface area contributed by atoms with Gasteiger partial charge in [0.25, 0.3) is 0 Å². The van der Waals surface area contributed by atoms with E-state index in [1.54, 1.807) is 0 Å². The minimum Gasteiger partial charge on any atom is -0.481 e. The molecule has 3 amide bonds. The van der Waals surface area contributed by atoms with Crippen molar-refractivity contribution >= 4 is 17.9 Å². The van der Waals surface area contributed by atoms with Crippen molar-refractivity contribution in [2.45, 2.75) is 32.7 Å². The maximum Gasteiger partial charge on any atom is 0.321 e. The van der Waals surface area contributed by atoms with E-state index in [1.807, 2.05) is 25.8 Å². The SMILES string of the molecule is CC(C)N(C)CCNC(=O)NC(=O)CCC(=O)O. The summed E-state index contributed by atoms with van der Waals surface area (Å²) >= 11 is 0. The fourth-order valence-electron chi connectivity index (χ4n) is 1.06. The molecule has 0 heterocycles. The van der Waals surface area contributed by atoms with Crippen molar-refractivity contribution in [1.29, 1.82) is 0 Å². The molecule has 0 spiro atoms. The number of amides is 3. The Hall–Kier alpha value is -1.63. The lowest BCUT2D eigenvalue weighted by Gasteiger charge is -2.20. The number of imide groups is 1. The Balaban J connectivity index is 3.71. The highest BCUT2D eigenvalue weighted by molar-refractivity contribution is 5.95. The summed E-state index contributed by atoms with van der Waals surface area (Å²) in [4.78, 5) is 34.6. The Bertz CT molecular complexity index is 305. The van der Waals surface area contributed by atoms with Gasteiger partial charge in [-0.1, -0.05) is 0 Å². The van der Waals surface area contributed by atoms with Crippen LogP contribution in [-0.2, 0) is 9.59 Å². The lowest BCUT2D eigenvalue weighted by atomic mass is 10.3. The van der Waals surface area contributed by atoms with E-state index >= 15 is 0 Å². The van der Waals surface area contributed by atoms with E-state index < -0.39 is 17.9 Å². The number of nitrogens with one attached hydrogen (secondary N) is 2. The topological polar surface area (TPSA) is 98.7 Å². The summed E-state index contributed by atoms with van der Waals surface area (Å²) in [5.74, 6) is -1.66. The van der Waals surface area contributed by atoms with Gasteiger partial charge >= 0.3 is 12.0 Å². The van der Waals surface area contributed by atoms with E-state index in [0.717, 1.165) is 0 Å². The lowest BCUT2D eigenvalue weighted by molar-refractivity contribution is -0.138. The second-order valence-corrected chi connectivity index (χ2v) is 4.27. The zero-order chi connectivity index (χ0) is 14.1. The van der Waals surface area contributed by atoms with Crippen molar-refractivity contribution in [2.75, 3.05) is 20.1 Å². The van der Waals surface area contributed by atoms with Crippen molar-refractivity contribution in [2.24, 2.45) is 0 Å². The largest absolute Gasteiger partial charge is 0.481 e. The molecule has 18 heavy (non-hydrogen) atoms. The van der Waals surface area contributed by atoms with E-state index in [2.05, 4.69) is 10.6 Å². The van der Waals surface area contributed by atoms with Crippen LogP contribution in [0, 0.1) is 0 Å². The van der Waals surface area contributed by atoms with Crippen LogP contribution in [0.2, 0.25) is 0 Å². The van der Waals surface area contributed by atoms with Crippen LogP contribution in [0.25, 0.3) is 0 Å². The monoisotopic (exact) mass is 259 g/mol. The van der Waals surface area contributed by atoms with E-state index in [1.165, 1.54) is 0 Å². The normalized spacial score (nSPS) is 10.5. The first-order chi connectivity index (χ1) is 8.32. The van der Waals surface area contributed by atoms with Crippen molar-refractivity contribution in [3.8, 4) is 0 Å². The molecule has 0 bridgehead atoms. The summed E-state index contributed by atoms with van der Waals surface area (Å²) < 4.78 is 0. The third-order valence-corrected chi connectivity index (χ3v) is 2.45. The predicted octanol–water partition coefficient (Wildman–Crippen LogP) is 0.0172. The number of rotatable bonds is 7. The molecule has 0 atom stereocenters. The number of carbonyl (C=O) groups excluding carboxylic acids is 2. The molecule has 0 fully saturated rings. The second kappa shape index (κ2) is 8.46. The molecule has 0 aliphatic carbocycles. The predicted molar refractivity (Wildman–Crippen MR) is 66.2 cm³/mol. The maximum atomic E-state index is 11.2. The fraction of sp³-hybridized carbons (Fsp3) is 0.727. The first kappa shape index (κ1) is 16.4. The van der Waals surface area contributed by atoms with E-state index in [-0.39, 0.29) is 12.8 Å². The van der Waals surface area contributed by atoms with Crippen molar-refractivity contribution in [3.05, 3.63) is 0 Å². The molecular weight excluding hydrogens is 238 g/mol. The molecule has 0 aromatic heterocycles. The van der Waals surface area contributed by atoms with Gasteiger partial charge in [-0.2, -0.15) is 0 Å². The van der Waals surface area contributed by atoms with Crippen LogP contribution in [-0.4, -0.2) is 54.1 Å². The minimum atomic E-state index is -1.07. The van der Waals surface area contributed by atoms with Gasteiger partial charge in [-0.15, -0.1) is 0 Å². The quantitative estimate of drug-likeness (QED) is 0.598. The highest BCUT2D eigenvalue weighted by atomic mass is 16.4. The van der Waals surface area contributed by atoms with E-state index in [9.17, 15) is 14.4 Å². The number of aliphatic carboxylic acids is 1. The number of carboxylic acids is 1. The van der Waals surface area contributed by atoms with Crippen LogP contribution in [0.4, 0.5) is 4.79 Å². The van der Waals surface area contributed by atoms with Crippen LogP contribution in [0.1, 0.15) is 26.7 Å². The summed E-state index contributed by atoms with van der Waals surface area (Å²) in [5.41, 5.74) is 0. The number of hydrogen-bond acceptors (Lipinski definition) is 4. The average molecular weight is 259 g/mol. The summed E-state index contributed by atoms with van der Waals surface area (Å²) in [6.45, 7) is 5.17. The molecule has 0 aromatic rings. The molecule has 104 valence electrons. The molecule has 0 unspecified atom stereocenters. The Morgan fingerprint density at radius 3 is 2.33 bits per heavy atom. The van der Waals surface area contributed by atoms with Crippen molar-refractivity contribution in [3.63, 3.8) is 0 Å². The van der Waals surface area contributed by atoms with Crippen LogP contribution in [0.3, 0.4) is 0 Å². The smallest absolute Gasteiger partial charge is 0.321 e. The van der Waals surface area contributed by atoms with Crippen LogP contribution < -0.4 is 10.6 Å². The standard InChI is InChI=1S/C11H21N3O4/c1-8(2)14(3)7-6-12-11(18)13-9(15)4-5-10(16)17/h8H,4-7H2,1-3H3,(H,16,17)(H2,12,13,15,18). The molecule has 7 nitrogen and oxygen atoms in total. The third kappa shape index (κ3) is 8.51. The van der Waals surface area contributed by atoms with E-state index in [0.29, 0.717) is 19.1 Å². The molecule has 0 radical (unpaired) electrons. The van der Waals surface area contributed by atoms with Gasteiger partial charge in [0.1, 0.15) is 0 Å². The Kier molecular flexibility index (Phi) is 7.69. The molecule has 3 N–H and O–H groups in total. The summed E-state index contributed by atoms with van der Waals surface area (Å²) in [7, 11) is 1.93. The summed E-state index contributed by atoms with van der Waals surface area (Å²) in [6, 6.07) is -0.213. The molecule has 0 rings (SSSR count). The average Bonchev–Trinajstić information content (AvgIpc) is 2.25. The zero-order valence-electron chi connectivity index (χ0n) is 11.0. The fourth-order valence-corrected chi connectivity index (χ4v) is 1.06. The Morgan fingerprint density at radius 1 is 1.22 bits per heavy atom. The summed E-state index contributed by atoms with van der Waals surface area (Å²) in [6.07, 6.45) is -0.482. The van der Waals surface area contributed by atoms with Gasteiger partial charge in [0.2, 0.25) is 5.91 Å². The molecule has 0 aromatic carbocycles. The number of nitrogens with zero attached hydrogens (tertiary/aromatic N) is 1. The molecular formula is C11H21N3O4. The number of urea groups is 1. The van der Waals surface area contributed by atoms with Crippen molar-refractivity contribution in [1.82, 2.24) is 15.5 Å². The number of hydrogen-bond donors (Lipinski definition) is 3. The van der Waals surface area contributed by atoms with Gasteiger partial charge in [-0.3, -0.25) is 14.9 Å². The number of carbonyl (C=O) groups is 3. The lowest BCUT2D eigenvalue weighted by Crippen LogP contribution is -2.43. The highest BCUT2D eigenvalue weighted by Gasteiger charge is 2.09. The Morgan fingerprint density at radius 2 is 1.83 bits per heavy atom. The zero-order valence-corrected chi connectivity index (χ0v) is 11.0. The van der Waals surface area contributed by atoms with Crippen molar-refractivity contribution < 1.29 is 19.5 Å². The van der Waals surface area contributed by atoms with Gasteiger partial charge in [0.15, 0.2) is 0 Å². The van der Waals surface area contributed by atoms with E-state index in [4.69, 9.17) is 5.11 Å². The van der Waals surface area contributed by atoms with Gasteiger partial charge < -0.3 is 15.3 Å². The van der Waals surface area contributed by atoms with Gasteiger partial charge in [-0.05, 0) is 20.9 Å². The van der Waals surface area contributed by atoms with Crippen LogP contribution in [0.5, 0.6) is 0 Å². The minimum absolute atomic E-state index is 0.200. The molecule has 0 aliphatic heterocycles. The number of likely N-dealkylation sites (N-methyl/N-ethyl adjacent to an activating group) is 1. The van der Waals surface area contributed by atoms with Gasteiger partial charge in [0, 0.05) is 25.6 Å². The summed E-state index contributed by atoms with van der Waals surface area (Å²) in [5, 5.41) is 13.0. The molecule has 0 saturated heterocycles. The van der Waals surface area contributed by atoms with Gasteiger partial charge in [-0.25, -0.2) is 4.79 Å². The highest BCUT2D eigenvalue weighted by Crippen LogP contribution is 1.91. The number of carboxylic acid groups (broad SMARTS) is 1. The molecule has 7 heteroatoms. The molecule has 0 saturated carbocycles. The third-order valence-electron chi connectivity index (χ3n) is 2.45. The van der Waals surface area contributed by atoms with Crippen LogP contribution in [0.15, 0.2) is 0 Å². The van der Waals surface area contributed by atoms with Crippen LogP contribution >= 0.6 is 0 Å². The molecule has 0 aliphatic rings.